The second-order valence-corrected chi connectivity index (χ2v) is 6.04. The summed E-state index contributed by atoms with van der Waals surface area (Å²) in [6.07, 6.45) is -5.18. The molecule has 1 saturated heterocycles. The van der Waals surface area contributed by atoms with Crippen LogP contribution in [0.3, 0.4) is 0 Å². The largest absolute Gasteiger partial charge is 0.390 e. The summed E-state index contributed by atoms with van der Waals surface area (Å²) in [6.45, 7) is 2.47. The molecule has 1 aromatic heterocycles. The Morgan fingerprint density at radius 2 is 1.91 bits per heavy atom. The highest BCUT2D eigenvalue weighted by Gasteiger charge is 2.37. The van der Waals surface area contributed by atoms with Gasteiger partial charge in [0, 0.05) is 43.2 Å². The summed E-state index contributed by atoms with van der Waals surface area (Å²) in [5.41, 5.74) is 1.14. The van der Waals surface area contributed by atoms with Crippen molar-refractivity contribution in [1.82, 2.24) is 15.2 Å². The van der Waals surface area contributed by atoms with Crippen LogP contribution in [0.2, 0.25) is 5.15 Å². The average molecular weight is 344 g/mol. The Balaban J connectivity index is 2.02. The van der Waals surface area contributed by atoms with Crippen LogP contribution >= 0.6 is 11.6 Å². The number of nitrogens with zero attached hydrogens (tertiary/aromatic N) is 2. The molecule has 1 N–H and O–H groups in total. The van der Waals surface area contributed by atoms with Crippen molar-refractivity contribution >= 4 is 22.5 Å². The van der Waals surface area contributed by atoms with Gasteiger partial charge in [0.15, 0.2) is 0 Å². The third kappa shape index (κ3) is 3.94. The van der Waals surface area contributed by atoms with Crippen LogP contribution in [-0.2, 0) is 0 Å². The van der Waals surface area contributed by atoms with Crippen molar-refractivity contribution in [3.63, 3.8) is 0 Å². The lowest BCUT2D eigenvalue weighted by atomic mass is 10.0. The molecule has 2 heterocycles. The molecule has 0 unspecified atom stereocenters. The zero-order chi connectivity index (χ0) is 16.4. The van der Waals surface area contributed by atoms with Gasteiger partial charge in [-0.05, 0) is 12.1 Å². The van der Waals surface area contributed by atoms with E-state index >= 15 is 0 Å². The minimum Gasteiger partial charge on any atom is -0.314 e. The Morgan fingerprint density at radius 3 is 2.61 bits per heavy atom. The van der Waals surface area contributed by atoms with Crippen LogP contribution in [0.1, 0.15) is 18.0 Å². The summed E-state index contributed by atoms with van der Waals surface area (Å²) >= 11 is 6.23. The summed E-state index contributed by atoms with van der Waals surface area (Å²) < 4.78 is 39.3. The maximum Gasteiger partial charge on any atom is 0.390 e. The number of alkyl halides is 3. The molecule has 1 aliphatic rings. The number of hydrogen-bond donors (Lipinski definition) is 1. The van der Waals surface area contributed by atoms with E-state index in [-0.39, 0.29) is 5.15 Å². The van der Waals surface area contributed by atoms with Crippen LogP contribution in [0, 0.1) is 0 Å². The summed E-state index contributed by atoms with van der Waals surface area (Å²) in [5, 5.41) is 4.11. The molecule has 124 valence electrons. The fourth-order valence-electron chi connectivity index (χ4n) is 2.99. The molecular weight excluding hydrogens is 327 g/mol. The Labute approximate surface area is 137 Å². The normalized spacial score (nSPS) is 18.3. The highest BCUT2D eigenvalue weighted by molar-refractivity contribution is 6.30. The molecule has 3 nitrogen and oxygen atoms in total. The lowest BCUT2D eigenvalue weighted by molar-refractivity contribution is -0.148. The number of aromatic nitrogens is 1. The molecule has 0 spiro atoms. The minimum atomic E-state index is -4.26. The number of piperazine rings is 1. The van der Waals surface area contributed by atoms with Gasteiger partial charge in [0.05, 0.1) is 11.9 Å². The number of nitrogens with one attached hydrogen (secondary N) is 1. The SMILES string of the molecule is FC(F)(F)C[C@@H](c1cc2ccccc2nc1Cl)N1CCNCC1. The van der Waals surface area contributed by atoms with Gasteiger partial charge in [-0.25, -0.2) is 4.98 Å². The van der Waals surface area contributed by atoms with E-state index < -0.39 is 18.6 Å². The molecule has 23 heavy (non-hydrogen) atoms. The van der Waals surface area contributed by atoms with Gasteiger partial charge in [-0.15, -0.1) is 0 Å². The Kier molecular flexibility index (Phi) is 4.75. The molecule has 0 amide bonds. The second-order valence-electron chi connectivity index (χ2n) is 5.68. The van der Waals surface area contributed by atoms with E-state index in [1.807, 2.05) is 23.1 Å². The van der Waals surface area contributed by atoms with Crippen LogP contribution < -0.4 is 5.32 Å². The number of rotatable bonds is 3. The van der Waals surface area contributed by atoms with Crippen LogP contribution in [-0.4, -0.2) is 42.2 Å². The molecule has 1 aliphatic heterocycles. The maximum atomic E-state index is 13.1. The molecule has 1 atom stereocenters. The predicted molar refractivity (Wildman–Crippen MR) is 84.6 cm³/mol. The summed E-state index contributed by atoms with van der Waals surface area (Å²) in [7, 11) is 0. The zero-order valence-corrected chi connectivity index (χ0v) is 13.2. The smallest absolute Gasteiger partial charge is 0.314 e. The fraction of sp³-hybridized carbons (Fsp3) is 0.438. The van der Waals surface area contributed by atoms with E-state index in [4.69, 9.17) is 11.6 Å². The maximum absolute atomic E-state index is 13.1. The third-order valence-corrected chi connectivity index (χ3v) is 4.38. The number of fused-ring (bicyclic) bond motifs is 1. The van der Waals surface area contributed by atoms with E-state index in [1.54, 1.807) is 12.1 Å². The molecule has 3 rings (SSSR count). The van der Waals surface area contributed by atoms with Gasteiger partial charge in [-0.2, -0.15) is 13.2 Å². The lowest BCUT2D eigenvalue weighted by Gasteiger charge is -2.36. The molecule has 0 saturated carbocycles. The van der Waals surface area contributed by atoms with E-state index in [0.717, 1.165) is 5.39 Å². The van der Waals surface area contributed by atoms with Gasteiger partial charge in [0.25, 0.3) is 0 Å². The number of pyridine rings is 1. The van der Waals surface area contributed by atoms with Crippen molar-refractivity contribution in [2.24, 2.45) is 0 Å². The number of hydrogen-bond acceptors (Lipinski definition) is 3. The third-order valence-electron chi connectivity index (χ3n) is 4.08. The molecule has 2 aromatic rings. The van der Waals surface area contributed by atoms with Crippen LogP contribution in [0.25, 0.3) is 10.9 Å². The van der Waals surface area contributed by atoms with Crippen molar-refractivity contribution in [2.75, 3.05) is 26.2 Å². The first-order chi connectivity index (χ1) is 10.9. The number of para-hydroxylation sites is 1. The van der Waals surface area contributed by atoms with Crippen molar-refractivity contribution in [3.05, 3.63) is 41.0 Å². The van der Waals surface area contributed by atoms with Crippen LogP contribution in [0.4, 0.5) is 13.2 Å². The van der Waals surface area contributed by atoms with Crippen molar-refractivity contribution in [3.8, 4) is 0 Å². The first-order valence-electron chi connectivity index (χ1n) is 7.51. The van der Waals surface area contributed by atoms with Gasteiger partial charge in [-0.1, -0.05) is 29.8 Å². The van der Waals surface area contributed by atoms with Crippen LogP contribution in [0.15, 0.2) is 30.3 Å². The molecule has 0 bridgehead atoms. The molecule has 7 heteroatoms. The molecule has 1 fully saturated rings. The van der Waals surface area contributed by atoms with Gasteiger partial charge in [0.2, 0.25) is 0 Å². The van der Waals surface area contributed by atoms with Crippen LogP contribution in [0.5, 0.6) is 0 Å². The Bertz CT molecular complexity index is 684. The highest BCUT2D eigenvalue weighted by Crippen LogP contribution is 2.37. The molecular formula is C16H17ClF3N3. The number of benzene rings is 1. The Hall–Kier alpha value is -1.37. The molecule has 0 aliphatic carbocycles. The highest BCUT2D eigenvalue weighted by atomic mass is 35.5. The first-order valence-corrected chi connectivity index (χ1v) is 7.88. The molecule has 0 radical (unpaired) electrons. The summed E-state index contributed by atoms with van der Waals surface area (Å²) in [4.78, 5) is 6.11. The zero-order valence-electron chi connectivity index (χ0n) is 12.4. The van der Waals surface area contributed by atoms with Gasteiger partial charge >= 0.3 is 6.18 Å². The fourth-order valence-corrected chi connectivity index (χ4v) is 3.26. The Morgan fingerprint density at radius 1 is 1.22 bits per heavy atom. The predicted octanol–water partition coefficient (Wildman–Crippen LogP) is 3.79. The quantitative estimate of drug-likeness (QED) is 0.859. The second kappa shape index (κ2) is 6.63. The van der Waals surface area contributed by atoms with E-state index in [2.05, 4.69) is 10.3 Å². The van der Waals surface area contributed by atoms with E-state index in [0.29, 0.717) is 37.3 Å². The standard InChI is InChI=1S/C16H17ClF3N3/c17-15-12(9-11-3-1-2-4-13(11)22-15)14(10-16(18,19)20)23-7-5-21-6-8-23/h1-4,9,14,21H,5-8,10H2/t14-/m0/s1. The minimum absolute atomic E-state index is 0.150. The monoisotopic (exact) mass is 343 g/mol. The van der Waals surface area contributed by atoms with Crippen molar-refractivity contribution in [1.29, 1.82) is 0 Å². The lowest BCUT2D eigenvalue weighted by Crippen LogP contribution is -2.46. The molecule has 1 aromatic carbocycles. The average Bonchev–Trinajstić information content (AvgIpc) is 2.52. The van der Waals surface area contributed by atoms with E-state index in [9.17, 15) is 13.2 Å². The van der Waals surface area contributed by atoms with Gasteiger partial charge < -0.3 is 5.32 Å². The topological polar surface area (TPSA) is 28.2 Å². The van der Waals surface area contributed by atoms with Gasteiger partial charge in [-0.3, -0.25) is 4.90 Å². The summed E-state index contributed by atoms with van der Waals surface area (Å²) in [6, 6.07) is 8.24. The van der Waals surface area contributed by atoms with E-state index in [1.165, 1.54) is 0 Å². The summed E-state index contributed by atoms with van der Waals surface area (Å²) in [5.74, 6) is 0. The first kappa shape index (κ1) is 16.5. The van der Waals surface area contributed by atoms with Crippen molar-refractivity contribution < 1.29 is 13.2 Å². The van der Waals surface area contributed by atoms with Gasteiger partial charge in [0.1, 0.15) is 5.15 Å². The van der Waals surface area contributed by atoms with Crippen molar-refractivity contribution in [2.45, 2.75) is 18.6 Å². The number of halogens is 4.